The van der Waals surface area contributed by atoms with Crippen molar-refractivity contribution in [3.63, 3.8) is 0 Å². The first-order chi connectivity index (χ1) is 8.59. The van der Waals surface area contributed by atoms with Crippen LogP contribution in [0.15, 0.2) is 18.2 Å². The Hall–Kier alpha value is -1.26. The normalized spacial score (nSPS) is 23.0. The summed E-state index contributed by atoms with van der Waals surface area (Å²) in [6.07, 6.45) is 2.48. The molecule has 0 heterocycles. The van der Waals surface area contributed by atoms with Crippen molar-refractivity contribution < 1.29 is 9.90 Å². The van der Waals surface area contributed by atoms with Gasteiger partial charge in [0.05, 0.1) is 22.4 Å². The predicted octanol–water partition coefficient (Wildman–Crippen LogP) is 1.81. The van der Waals surface area contributed by atoms with Crippen LogP contribution in [0.3, 0.4) is 0 Å². The molecule has 2 unspecified atom stereocenters. The van der Waals surface area contributed by atoms with Crippen molar-refractivity contribution >= 4 is 23.2 Å². The SMILES string of the molecule is Nc1c(Cl)cccc1C(=O)NCC1CCCC1O. The zero-order chi connectivity index (χ0) is 13.1. The lowest BCUT2D eigenvalue weighted by molar-refractivity contribution is 0.0917. The van der Waals surface area contributed by atoms with Gasteiger partial charge in [0.2, 0.25) is 0 Å². The third-order valence-corrected chi connectivity index (χ3v) is 3.77. The van der Waals surface area contributed by atoms with Gasteiger partial charge in [0, 0.05) is 12.5 Å². The number of halogens is 1. The van der Waals surface area contributed by atoms with Gasteiger partial charge in [0.1, 0.15) is 0 Å². The van der Waals surface area contributed by atoms with Gasteiger partial charge in [-0.2, -0.15) is 0 Å². The summed E-state index contributed by atoms with van der Waals surface area (Å²) in [7, 11) is 0. The average molecular weight is 269 g/mol. The number of carbonyl (C=O) groups excluding carboxylic acids is 1. The van der Waals surface area contributed by atoms with Crippen LogP contribution in [0.2, 0.25) is 5.02 Å². The Kier molecular flexibility index (Phi) is 4.09. The largest absolute Gasteiger partial charge is 0.397 e. The second-order valence-corrected chi connectivity index (χ2v) is 5.08. The summed E-state index contributed by atoms with van der Waals surface area (Å²) < 4.78 is 0. The molecule has 1 aliphatic rings. The summed E-state index contributed by atoms with van der Waals surface area (Å²) in [5, 5.41) is 12.9. The quantitative estimate of drug-likeness (QED) is 0.732. The molecular formula is C13H17ClN2O2. The van der Waals surface area contributed by atoms with Gasteiger partial charge in [-0.3, -0.25) is 4.79 Å². The van der Waals surface area contributed by atoms with Gasteiger partial charge in [-0.1, -0.05) is 24.1 Å². The van der Waals surface area contributed by atoms with E-state index in [1.54, 1.807) is 18.2 Å². The number of benzene rings is 1. The standard InChI is InChI=1S/C13H17ClN2O2/c14-10-5-2-4-9(12(10)15)13(18)16-7-8-3-1-6-11(8)17/h2,4-5,8,11,17H,1,3,6-7,15H2,(H,16,18). The van der Waals surface area contributed by atoms with E-state index in [1.807, 2.05) is 0 Å². The van der Waals surface area contributed by atoms with Crippen LogP contribution in [0.25, 0.3) is 0 Å². The fourth-order valence-corrected chi connectivity index (χ4v) is 2.48. The van der Waals surface area contributed by atoms with Crippen LogP contribution in [0, 0.1) is 5.92 Å². The van der Waals surface area contributed by atoms with Crippen molar-refractivity contribution in [3.8, 4) is 0 Å². The van der Waals surface area contributed by atoms with E-state index in [0.717, 1.165) is 19.3 Å². The molecular weight excluding hydrogens is 252 g/mol. The molecule has 1 amide bonds. The van der Waals surface area contributed by atoms with Gasteiger partial charge < -0.3 is 16.2 Å². The highest BCUT2D eigenvalue weighted by Crippen LogP contribution is 2.25. The van der Waals surface area contributed by atoms with E-state index in [2.05, 4.69) is 5.32 Å². The van der Waals surface area contributed by atoms with E-state index in [9.17, 15) is 9.90 Å². The average Bonchev–Trinajstić information content (AvgIpc) is 2.75. The number of rotatable bonds is 3. The highest BCUT2D eigenvalue weighted by molar-refractivity contribution is 6.33. The van der Waals surface area contributed by atoms with Crippen LogP contribution < -0.4 is 11.1 Å². The number of nitrogens with one attached hydrogen (secondary N) is 1. The molecule has 1 aromatic rings. The third kappa shape index (κ3) is 2.76. The smallest absolute Gasteiger partial charge is 0.253 e. The summed E-state index contributed by atoms with van der Waals surface area (Å²) in [5.74, 6) is -0.0940. The van der Waals surface area contributed by atoms with E-state index in [1.165, 1.54) is 0 Å². The van der Waals surface area contributed by atoms with Gasteiger partial charge in [0.15, 0.2) is 0 Å². The van der Waals surface area contributed by atoms with E-state index in [-0.39, 0.29) is 17.9 Å². The molecule has 0 radical (unpaired) electrons. The van der Waals surface area contributed by atoms with E-state index >= 15 is 0 Å². The number of aliphatic hydroxyl groups excluding tert-OH is 1. The maximum atomic E-state index is 11.9. The Bertz CT molecular complexity index is 451. The van der Waals surface area contributed by atoms with Crippen LogP contribution in [-0.2, 0) is 0 Å². The molecule has 4 N–H and O–H groups in total. The summed E-state index contributed by atoms with van der Waals surface area (Å²) in [6.45, 7) is 0.478. The van der Waals surface area contributed by atoms with Crippen LogP contribution in [-0.4, -0.2) is 23.7 Å². The number of aliphatic hydroxyl groups is 1. The summed E-state index contributed by atoms with van der Waals surface area (Å²) in [4.78, 5) is 11.9. The molecule has 98 valence electrons. The van der Waals surface area contributed by atoms with Gasteiger partial charge >= 0.3 is 0 Å². The molecule has 1 aliphatic carbocycles. The summed E-state index contributed by atoms with van der Waals surface area (Å²) >= 11 is 5.86. The first-order valence-corrected chi connectivity index (χ1v) is 6.47. The minimum absolute atomic E-state index is 0.148. The minimum atomic E-state index is -0.304. The molecule has 2 rings (SSSR count). The van der Waals surface area contributed by atoms with Gasteiger partial charge in [-0.25, -0.2) is 0 Å². The number of carbonyl (C=O) groups is 1. The number of hydrogen-bond donors (Lipinski definition) is 3. The number of amides is 1. The number of nitrogens with two attached hydrogens (primary N) is 1. The number of nitrogen functional groups attached to an aromatic ring is 1. The number of hydrogen-bond acceptors (Lipinski definition) is 3. The fraction of sp³-hybridized carbons (Fsp3) is 0.462. The predicted molar refractivity (Wildman–Crippen MR) is 71.5 cm³/mol. The van der Waals surface area contributed by atoms with E-state index in [0.29, 0.717) is 22.8 Å². The zero-order valence-electron chi connectivity index (χ0n) is 10.0. The molecule has 0 bridgehead atoms. The first kappa shape index (κ1) is 13.2. The molecule has 18 heavy (non-hydrogen) atoms. The minimum Gasteiger partial charge on any atom is -0.397 e. The van der Waals surface area contributed by atoms with Crippen molar-refractivity contribution in [2.75, 3.05) is 12.3 Å². The lowest BCUT2D eigenvalue weighted by Gasteiger charge is -2.15. The molecule has 0 aliphatic heterocycles. The van der Waals surface area contributed by atoms with Crippen LogP contribution in [0.1, 0.15) is 29.6 Å². The molecule has 4 nitrogen and oxygen atoms in total. The summed E-state index contributed by atoms with van der Waals surface area (Å²) in [5.41, 5.74) is 6.43. The molecule has 0 aromatic heterocycles. The van der Waals surface area contributed by atoms with Crippen LogP contribution in [0.4, 0.5) is 5.69 Å². The van der Waals surface area contributed by atoms with Crippen LogP contribution in [0.5, 0.6) is 0 Å². The lowest BCUT2D eigenvalue weighted by atomic mass is 10.1. The van der Waals surface area contributed by atoms with Crippen molar-refractivity contribution in [2.45, 2.75) is 25.4 Å². The summed E-state index contributed by atoms with van der Waals surface area (Å²) in [6, 6.07) is 4.98. The fourth-order valence-electron chi connectivity index (χ4n) is 2.31. The zero-order valence-corrected chi connectivity index (χ0v) is 10.8. The lowest BCUT2D eigenvalue weighted by Crippen LogP contribution is -2.32. The van der Waals surface area contributed by atoms with Crippen molar-refractivity contribution in [1.82, 2.24) is 5.32 Å². The molecule has 2 atom stereocenters. The highest BCUT2D eigenvalue weighted by Gasteiger charge is 2.25. The van der Waals surface area contributed by atoms with E-state index in [4.69, 9.17) is 17.3 Å². The molecule has 1 saturated carbocycles. The molecule has 0 spiro atoms. The van der Waals surface area contributed by atoms with Crippen molar-refractivity contribution in [1.29, 1.82) is 0 Å². The second kappa shape index (κ2) is 5.59. The Morgan fingerprint density at radius 1 is 1.50 bits per heavy atom. The van der Waals surface area contributed by atoms with Gasteiger partial charge in [-0.05, 0) is 25.0 Å². The highest BCUT2D eigenvalue weighted by atomic mass is 35.5. The molecule has 1 fully saturated rings. The monoisotopic (exact) mass is 268 g/mol. The van der Waals surface area contributed by atoms with E-state index < -0.39 is 0 Å². The van der Waals surface area contributed by atoms with Gasteiger partial charge in [-0.15, -0.1) is 0 Å². The third-order valence-electron chi connectivity index (χ3n) is 3.44. The Labute approximate surface area is 111 Å². The molecule has 5 heteroatoms. The number of anilines is 1. The van der Waals surface area contributed by atoms with Gasteiger partial charge in [0.25, 0.3) is 5.91 Å². The Morgan fingerprint density at radius 3 is 2.94 bits per heavy atom. The maximum absolute atomic E-state index is 11.9. The maximum Gasteiger partial charge on any atom is 0.253 e. The molecule has 1 aromatic carbocycles. The number of para-hydroxylation sites is 1. The topological polar surface area (TPSA) is 75.4 Å². The second-order valence-electron chi connectivity index (χ2n) is 4.67. The Morgan fingerprint density at radius 2 is 2.28 bits per heavy atom. The van der Waals surface area contributed by atoms with Crippen molar-refractivity contribution in [2.24, 2.45) is 5.92 Å². The molecule has 0 saturated heterocycles. The van der Waals surface area contributed by atoms with Crippen LogP contribution >= 0.6 is 11.6 Å². The Balaban J connectivity index is 1.97. The van der Waals surface area contributed by atoms with Crippen molar-refractivity contribution in [3.05, 3.63) is 28.8 Å². The first-order valence-electron chi connectivity index (χ1n) is 6.10.